The molecule has 1 unspecified atom stereocenters. The van der Waals surface area contributed by atoms with Gasteiger partial charge in [-0.3, -0.25) is 0 Å². The van der Waals surface area contributed by atoms with E-state index in [4.69, 9.17) is 15.6 Å². The number of aliphatic hydroxyl groups is 1. The van der Waals surface area contributed by atoms with Crippen molar-refractivity contribution in [2.24, 2.45) is 0 Å². The van der Waals surface area contributed by atoms with E-state index in [0.29, 0.717) is 12.4 Å². The number of nitrogen functional groups attached to an aromatic ring is 1. The van der Waals surface area contributed by atoms with Crippen molar-refractivity contribution in [1.29, 1.82) is 0 Å². The van der Waals surface area contributed by atoms with Crippen LogP contribution in [0.5, 0.6) is 0 Å². The van der Waals surface area contributed by atoms with Crippen molar-refractivity contribution in [2.45, 2.75) is 31.9 Å². The summed E-state index contributed by atoms with van der Waals surface area (Å²) in [5.74, 6) is 0.579. The van der Waals surface area contributed by atoms with Crippen molar-refractivity contribution in [3.8, 4) is 0 Å². The van der Waals surface area contributed by atoms with Crippen LogP contribution in [-0.2, 0) is 16.9 Å². The number of nitrogens with zero attached hydrogens (tertiary/aromatic N) is 2. The molecule has 3 N–H and O–H groups in total. The molecule has 0 radical (unpaired) electrons. The Hall–Kier alpha value is -1.07. The van der Waals surface area contributed by atoms with Crippen LogP contribution >= 0.6 is 0 Å². The SMILES string of the molecule is CC1(c2cc(N)n(CCO)n2)CCCO1. The van der Waals surface area contributed by atoms with Gasteiger partial charge in [-0.05, 0) is 19.8 Å². The molecule has 1 aliphatic heterocycles. The number of ether oxygens (including phenoxy) is 1. The molecule has 1 saturated heterocycles. The van der Waals surface area contributed by atoms with E-state index < -0.39 is 0 Å². The highest BCUT2D eigenvalue weighted by molar-refractivity contribution is 5.33. The van der Waals surface area contributed by atoms with Gasteiger partial charge in [-0.15, -0.1) is 0 Å². The Kier molecular flexibility index (Phi) is 2.67. The minimum atomic E-state index is -0.297. The smallest absolute Gasteiger partial charge is 0.122 e. The normalized spacial score (nSPS) is 26.0. The maximum absolute atomic E-state index is 8.84. The second kappa shape index (κ2) is 3.83. The van der Waals surface area contributed by atoms with Gasteiger partial charge in [-0.25, -0.2) is 4.68 Å². The minimum Gasteiger partial charge on any atom is -0.394 e. The Balaban J connectivity index is 2.25. The zero-order chi connectivity index (χ0) is 10.9. The molecular weight excluding hydrogens is 194 g/mol. The molecule has 84 valence electrons. The second-order valence-corrected chi connectivity index (χ2v) is 4.08. The Morgan fingerprint density at radius 2 is 2.53 bits per heavy atom. The predicted octanol–water partition coefficient (Wildman–Crippen LogP) is 0.483. The van der Waals surface area contributed by atoms with Crippen molar-refractivity contribution >= 4 is 5.82 Å². The highest BCUT2D eigenvalue weighted by atomic mass is 16.5. The number of hydrogen-bond acceptors (Lipinski definition) is 4. The summed E-state index contributed by atoms with van der Waals surface area (Å²) in [6.45, 7) is 3.29. The van der Waals surface area contributed by atoms with Gasteiger partial charge in [0.15, 0.2) is 0 Å². The fourth-order valence-electron chi connectivity index (χ4n) is 1.94. The van der Waals surface area contributed by atoms with Crippen LogP contribution in [0.4, 0.5) is 5.82 Å². The molecule has 1 aromatic heterocycles. The van der Waals surface area contributed by atoms with Gasteiger partial charge in [0.2, 0.25) is 0 Å². The molecule has 0 bridgehead atoms. The quantitative estimate of drug-likeness (QED) is 0.762. The summed E-state index contributed by atoms with van der Waals surface area (Å²) in [4.78, 5) is 0. The average Bonchev–Trinajstić information content (AvgIpc) is 2.76. The van der Waals surface area contributed by atoms with Gasteiger partial charge < -0.3 is 15.6 Å². The number of aromatic nitrogens is 2. The third-order valence-corrected chi connectivity index (χ3v) is 2.88. The topological polar surface area (TPSA) is 73.3 Å². The summed E-state index contributed by atoms with van der Waals surface area (Å²) >= 11 is 0. The molecule has 0 aliphatic carbocycles. The van der Waals surface area contributed by atoms with Crippen molar-refractivity contribution < 1.29 is 9.84 Å². The maximum Gasteiger partial charge on any atom is 0.122 e. The van der Waals surface area contributed by atoms with Crippen LogP contribution in [0.15, 0.2) is 6.07 Å². The lowest BCUT2D eigenvalue weighted by Crippen LogP contribution is -2.21. The first kappa shape index (κ1) is 10.4. The number of hydrogen-bond donors (Lipinski definition) is 2. The summed E-state index contributed by atoms with van der Waals surface area (Å²) in [5, 5.41) is 13.2. The van der Waals surface area contributed by atoms with Crippen LogP contribution in [0.25, 0.3) is 0 Å². The highest BCUT2D eigenvalue weighted by Crippen LogP contribution is 2.35. The zero-order valence-electron chi connectivity index (χ0n) is 8.94. The standard InChI is InChI=1S/C10H17N3O2/c1-10(3-2-6-15-10)8-7-9(11)13(12-8)4-5-14/h7,14H,2-6,11H2,1H3. The predicted molar refractivity (Wildman–Crippen MR) is 56.3 cm³/mol. The summed E-state index contributed by atoms with van der Waals surface area (Å²) in [5.41, 5.74) is 6.36. The molecule has 0 spiro atoms. The van der Waals surface area contributed by atoms with E-state index in [1.807, 2.05) is 13.0 Å². The minimum absolute atomic E-state index is 0.0445. The lowest BCUT2D eigenvalue weighted by atomic mass is 9.99. The molecule has 0 amide bonds. The molecule has 0 aromatic carbocycles. The van der Waals surface area contributed by atoms with Crippen molar-refractivity contribution in [1.82, 2.24) is 9.78 Å². The highest BCUT2D eigenvalue weighted by Gasteiger charge is 2.34. The van der Waals surface area contributed by atoms with Crippen LogP contribution in [-0.4, -0.2) is 28.1 Å². The molecule has 2 rings (SSSR count). The number of rotatable bonds is 3. The van der Waals surface area contributed by atoms with Crippen molar-refractivity contribution in [3.05, 3.63) is 11.8 Å². The number of anilines is 1. The van der Waals surface area contributed by atoms with Gasteiger partial charge in [0.05, 0.1) is 18.8 Å². The first-order chi connectivity index (χ1) is 7.15. The van der Waals surface area contributed by atoms with E-state index in [1.54, 1.807) is 4.68 Å². The molecule has 5 heteroatoms. The van der Waals surface area contributed by atoms with Crippen molar-refractivity contribution in [3.63, 3.8) is 0 Å². The molecular formula is C10H17N3O2. The van der Waals surface area contributed by atoms with E-state index >= 15 is 0 Å². The van der Waals surface area contributed by atoms with Crippen LogP contribution < -0.4 is 5.73 Å². The van der Waals surface area contributed by atoms with Gasteiger partial charge in [-0.2, -0.15) is 5.10 Å². The van der Waals surface area contributed by atoms with Gasteiger partial charge >= 0.3 is 0 Å². The van der Waals surface area contributed by atoms with Crippen LogP contribution in [0, 0.1) is 0 Å². The molecule has 1 atom stereocenters. The van der Waals surface area contributed by atoms with Gasteiger partial charge in [-0.1, -0.05) is 0 Å². The van der Waals surface area contributed by atoms with E-state index in [-0.39, 0.29) is 12.2 Å². The Morgan fingerprint density at radius 1 is 1.73 bits per heavy atom. The maximum atomic E-state index is 8.84. The molecule has 5 nitrogen and oxygen atoms in total. The molecule has 1 aliphatic rings. The molecule has 1 fully saturated rings. The summed E-state index contributed by atoms with van der Waals surface area (Å²) in [6, 6.07) is 1.83. The van der Waals surface area contributed by atoms with Gasteiger partial charge in [0.25, 0.3) is 0 Å². The van der Waals surface area contributed by atoms with Crippen molar-refractivity contribution in [2.75, 3.05) is 18.9 Å². The number of nitrogens with two attached hydrogens (primary N) is 1. The lowest BCUT2D eigenvalue weighted by molar-refractivity contribution is 0.0126. The van der Waals surface area contributed by atoms with E-state index in [2.05, 4.69) is 5.10 Å². The average molecular weight is 211 g/mol. The van der Waals surface area contributed by atoms with E-state index in [0.717, 1.165) is 25.1 Å². The zero-order valence-corrected chi connectivity index (χ0v) is 8.94. The van der Waals surface area contributed by atoms with Crippen LogP contribution in [0.3, 0.4) is 0 Å². The molecule has 1 aromatic rings. The molecule has 0 saturated carbocycles. The summed E-state index contributed by atoms with van der Waals surface area (Å²) in [6.07, 6.45) is 2.03. The van der Waals surface area contributed by atoms with Gasteiger partial charge in [0, 0.05) is 12.7 Å². The van der Waals surface area contributed by atoms with Crippen LogP contribution in [0.2, 0.25) is 0 Å². The van der Waals surface area contributed by atoms with Crippen LogP contribution in [0.1, 0.15) is 25.5 Å². The largest absolute Gasteiger partial charge is 0.394 e. The second-order valence-electron chi connectivity index (χ2n) is 4.08. The summed E-state index contributed by atoms with van der Waals surface area (Å²) < 4.78 is 7.29. The van der Waals surface area contributed by atoms with E-state index in [9.17, 15) is 0 Å². The fourth-order valence-corrected chi connectivity index (χ4v) is 1.94. The monoisotopic (exact) mass is 211 g/mol. The molecule has 15 heavy (non-hydrogen) atoms. The third-order valence-electron chi connectivity index (χ3n) is 2.88. The first-order valence-electron chi connectivity index (χ1n) is 5.24. The fraction of sp³-hybridized carbons (Fsp3) is 0.700. The molecule has 2 heterocycles. The van der Waals surface area contributed by atoms with Gasteiger partial charge in [0.1, 0.15) is 11.4 Å². The van der Waals surface area contributed by atoms with E-state index in [1.165, 1.54) is 0 Å². The Bertz CT molecular complexity index is 342. The third kappa shape index (κ3) is 1.85. The lowest BCUT2D eigenvalue weighted by Gasteiger charge is -2.19. The first-order valence-corrected chi connectivity index (χ1v) is 5.24. The summed E-state index contributed by atoms with van der Waals surface area (Å²) in [7, 11) is 0. The Labute approximate surface area is 88.8 Å². The Morgan fingerprint density at radius 3 is 3.13 bits per heavy atom. The number of aliphatic hydroxyl groups excluding tert-OH is 1.